The molecule has 1 heterocycles. The Bertz CT molecular complexity index is 1170. The summed E-state index contributed by atoms with van der Waals surface area (Å²) in [6.45, 7) is -0.0503. The van der Waals surface area contributed by atoms with Crippen LogP contribution in [0.15, 0.2) is 54.1 Å². The summed E-state index contributed by atoms with van der Waals surface area (Å²) < 4.78 is 16.8. The van der Waals surface area contributed by atoms with E-state index in [1.54, 1.807) is 18.2 Å². The summed E-state index contributed by atoms with van der Waals surface area (Å²) in [5.41, 5.74) is 2.32. The maximum atomic E-state index is 13.4. The molecule has 1 aliphatic carbocycles. The number of aliphatic hydroxyl groups excluding tert-OH is 3. The minimum atomic E-state index is -1.18. The van der Waals surface area contributed by atoms with Crippen LogP contribution < -0.4 is 14.8 Å². The van der Waals surface area contributed by atoms with Crippen molar-refractivity contribution in [1.82, 2.24) is 10.2 Å². The predicted molar refractivity (Wildman–Crippen MR) is 138 cm³/mol. The van der Waals surface area contributed by atoms with Gasteiger partial charge in [0.2, 0.25) is 11.8 Å². The third kappa shape index (κ3) is 5.53. The molecule has 10 nitrogen and oxygen atoms in total. The molecule has 0 spiro atoms. The molecule has 38 heavy (non-hydrogen) atoms. The fourth-order valence-corrected chi connectivity index (χ4v) is 5.09. The van der Waals surface area contributed by atoms with Crippen molar-refractivity contribution in [1.29, 1.82) is 0 Å². The number of methoxy groups -OCH3 is 2. The predicted octanol–water partition coefficient (Wildman–Crippen LogP) is 0.875. The first-order valence-electron chi connectivity index (χ1n) is 12.5. The van der Waals surface area contributed by atoms with Crippen molar-refractivity contribution >= 4 is 11.8 Å². The van der Waals surface area contributed by atoms with E-state index in [1.165, 1.54) is 19.1 Å². The van der Waals surface area contributed by atoms with Gasteiger partial charge in [-0.05, 0) is 29.3 Å². The Labute approximate surface area is 221 Å². The van der Waals surface area contributed by atoms with Crippen LogP contribution in [0.2, 0.25) is 0 Å². The number of nitrogens with one attached hydrogen (secondary N) is 1. The molecule has 2 aliphatic rings. The highest BCUT2D eigenvalue weighted by molar-refractivity contribution is 5.96. The number of nitrogens with zero attached hydrogens (tertiary/aromatic N) is 1. The molecule has 2 aromatic carbocycles. The first kappa shape index (κ1) is 27.6. The molecule has 0 fully saturated rings. The van der Waals surface area contributed by atoms with Crippen molar-refractivity contribution in [2.75, 3.05) is 34.0 Å². The summed E-state index contributed by atoms with van der Waals surface area (Å²) in [6.07, 6.45) is -0.372. The number of aliphatic hydroxyl groups is 3. The van der Waals surface area contributed by atoms with Gasteiger partial charge in [0.1, 0.15) is 12.2 Å². The van der Waals surface area contributed by atoms with Gasteiger partial charge in [0.15, 0.2) is 11.5 Å². The topological polar surface area (TPSA) is 138 Å². The van der Waals surface area contributed by atoms with Gasteiger partial charge >= 0.3 is 0 Å². The Morgan fingerprint density at radius 1 is 1.11 bits per heavy atom. The van der Waals surface area contributed by atoms with E-state index < -0.39 is 30.1 Å². The second-order valence-corrected chi connectivity index (χ2v) is 9.27. The van der Waals surface area contributed by atoms with Crippen LogP contribution in [-0.2, 0) is 27.5 Å². The second kappa shape index (κ2) is 12.4. The van der Waals surface area contributed by atoms with Crippen LogP contribution in [0.1, 0.15) is 29.0 Å². The lowest BCUT2D eigenvalue weighted by molar-refractivity contribution is -0.139. The summed E-state index contributed by atoms with van der Waals surface area (Å²) in [5.74, 6) is -0.624. The zero-order valence-electron chi connectivity index (χ0n) is 21.5. The number of hydrogen-bond donors (Lipinski definition) is 4. The van der Waals surface area contributed by atoms with Crippen molar-refractivity contribution in [2.45, 2.75) is 43.7 Å². The van der Waals surface area contributed by atoms with Crippen molar-refractivity contribution in [3.05, 3.63) is 70.8 Å². The van der Waals surface area contributed by atoms with Crippen molar-refractivity contribution in [3.8, 4) is 11.5 Å². The second-order valence-electron chi connectivity index (χ2n) is 9.27. The lowest BCUT2D eigenvalue weighted by Gasteiger charge is -2.40. The van der Waals surface area contributed by atoms with E-state index in [0.29, 0.717) is 28.2 Å². The average Bonchev–Trinajstić information content (AvgIpc) is 3.34. The summed E-state index contributed by atoms with van der Waals surface area (Å²) in [5, 5.41) is 33.4. The van der Waals surface area contributed by atoms with Gasteiger partial charge in [0.05, 0.1) is 45.3 Å². The number of carbonyl (C=O) groups excluding carboxylic acids is 2. The Morgan fingerprint density at radius 2 is 1.87 bits per heavy atom. The standard InChI is InChI=1S/C28H34N2O8/c1-36-11-8-23(33)30(15-17-6-4-3-5-7-17)21-14-20(28(35)29-9-10-31)24-19-12-18(16-32)13-22(37-2)26(19)38-27(24)25(21)34/h3-7,12-14,21,24-25,27,31-32,34H,8-11,15-16H2,1-2H3,(H,29,35)/t21-,24+,25+,27+/m1/s1. The molecule has 4 rings (SSSR count). The van der Waals surface area contributed by atoms with Gasteiger partial charge in [-0.2, -0.15) is 0 Å². The Morgan fingerprint density at radius 3 is 2.53 bits per heavy atom. The van der Waals surface area contributed by atoms with Crippen LogP contribution in [0.4, 0.5) is 0 Å². The number of rotatable bonds is 11. The third-order valence-corrected chi connectivity index (χ3v) is 6.89. The van der Waals surface area contributed by atoms with Crippen LogP contribution in [0, 0.1) is 0 Å². The quantitative estimate of drug-likeness (QED) is 0.339. The highest BCUT2D eigenvalue weighted by atomic mass is 16.5. The molecule has 4 N–H and O–H groups in total. The molecule has 0 aromatic heterocycles. The lowest BCUT2D eigenvalue weighted by Crippen LogP contribution is -2.55. The zero-order valence-corrected chi connectivity index (χ0v) is 21.5. The fourth-order valence-electron chi connectivity index (χ4n) is 5.09. The average molecular weight is 527 g/mol. The van der Waals surface area contributed by atoms with Crippen LogP contribution >= 0.6 is 0 Å². The van der Waals surface area contributed by atoms with E-state index in [4.69, 9.17) is 14.2 Å². The number of benzene rings is 2. The van der Waals surface area contributed by atoms with Crippen LogP contribution in [0.5, 0.6) is 11.5 Å². The molecule has 0 saturated heterocycles. The number of hydrogen-bond acceptors (Lipinski definition) is 8. The van der Waals surface area contributed by atoms with Gasteiger partial charge in [0.25, 0.3) is 0 Å². The fraction of sp³-hybridized carbons (Fsp3) is 0.429. The molecule has 2 aromatic rings. The molecule has 0 saturated carbocycles. The van der Waals surface area contributed by atoms with E-state index in [0.717, 1.165) is 5.56 Å². The largest absolute Gasteiger partial charge is 0.493 e. The summed E-state index contributed by atoms with van der Waals surface area (Å²) >= 11 is 0. The van der Waals surface area contributed by atoms with Gasteiger partial charge in [0, 0.05) is 31.3 Å². The van der Waals surface area contributed by atoms with Crippen LogP contribution in [0.25, 0.3) is 0 Å². The van der Waals surface area contributed by atoms with Gasteiger partial charge in [-0.1, -0.05) is 30.3 Å². The highest BCUT2D eigenvalue weighted by Gasteiger charge is 2.51. The Balaban J connectivity index is 1.80. The van der Waals surface area contributed by atoms with Gasteiger partial charge in [-0.3, -0.25) is 9.59 Å². The van der Waals surface area contributed by atoms with Gasteiger partial charge in [-0.25, -0.2) is 0 Å². The Hall–Kier alpha value is -3.44. The van der Waals surface area contributed by atoms with E-state index in [9.17, 15) is 24.9 Å². The minimum absolute atomic E-state index is 0.0367. The van der Waals surface area contributed by atoms with E-state index in [-0.39, 0.29) is 45.2 Å². The maximum absolute atomic E-state index is 13.4. The molecule has 2 amide bonds. The molecule has 0 radical (unpaired) electrons. The highest BCUT2D eigenvalue weighted by Crippen LogP contribution is 2.51. The minimum Gasteiger partial charge on any atom is -0.493 e. The summed E-state index contributed by atoms with van der Waals surface area (Å²) in [6, 6.07) is 11.9. The van der Waals surface area contributed by atoms with Crippen molar-refractivity contribution in [3.63, 3.8) is 0 Å². The van der Waals surface area contributed by atoms with Crippen LogP contribution in [-0.4, -0.2) is 84.3 Å². The van der Waals surface area contributed by atoms with E-state index in [1.807, 2.05) is 30.3 Å². The molecular weight excluding hydrogens is 492 g/mol. The number of carbonyl (C=O) groups is 2. The first-order valence-corrected chi connectivity index (χ1v) is 12.5. The lowest BCUT2D eigenvalue weighted by atomic mass is 9.77. The normalized spacial score (nSPS) is 21.6. The molecule has 0 bridgehead atoms. The van der Waals surface area contributed by atoms with Gasteiger partial charge < -0.3 is 39.7 Å². The molecule has 4 atom stereocenters. The molecule has 0 unspecified atom stereocenters. The molecule has 10 heteroatoms. The van der Waals surface area contributed by atoms with E-state index in [2.05, 4.69) is 5.32 Å². The third-order valence-electron chi connectivity index (χ3n) is 6.89. The van der Waals surface area contributed by atoms with Crippen molar-refractivity contribution < 1.29 is 39.1 Å². The number of amides is 2. The number of ether oxygens (including phenoxy) is 3. The van der Waals surface area contributed by atoms with Gasteiger partial charge in [-0.15, -0.1) is 0 Å². The van der Waals surface area contributed by atoms with E-state index >= 15 is 0 Å². The maximum Gasteiger partial charge on any atom is 0.247 e. The molecular formula is C28H34N2O8. The monoisotopic (exact) mass is 526 g/mol. The van der Waals surface area contributed by atoms with Crippen LogP contribution in [0.3, 0.4) is 0 Å². The number of fused-ring (bicyclic) bond motifs is 3. The Kier molecular flexibility index (Phi) is 9.01. The smallest absolute Gasteiger partial charge is 0.247 e. The SMILES string of the molecule is COCCC(=O)N(Cc1ccccc1)[C@@H]1C=C(C(=O)NCCO)[C@@H]2c3cc(CO)cc(OC)c3O[C@@H]2[C@H]1O. The molecule has 204 valence electrons. The van der Waals surface area contributed by atoms with Crippen molar-refractivity contribution in [2.24, 2.45) is 0 Å². The zero-order chi connectivity index (χ0) is 27.2. The summed E-state index contributed by atoms with van der Waals surface area (Å²) in [4.78, 5) is 28.3. The first-order chi connectivity index (χ1) is 18.4. The summed E-state index contributed by atoms with van der Waals surface area (Å²) in [7, 11) is 2.98. The molecule has 1 aliphatic heterocycles.